The molecule has 1 amide bonds. The molecular formula is C20H28N4O. The Morgan fingerprint density at radius 3 is 2.88 bits per heavy atom. The molecule has 0 radical (unpaired) electrons. The van der Waals surface area contributed by atoms with Crippen LogP contribution in [0.1, 0.15) is 50.0 Å². The summed E-state index contributed by atoms with van der Waals surface area (Å²) in [7, 11) is 0. The molecule has 0 bridgehead atoms. The molecule has 0 saturated carbocycles. The largest absolute Gasteiger partial charge is 0.351 e. The molecule has 1 N–H and O–H groups in total. The molecule has 1 saturated heterocycles. The molecule has 1 atom stereocenters. The molecule has 134 valence electrons. The minimum absolute atomic E-state index is 0.0942. The second-order valence-corrected chi connectivity index (χ2v) is 7.12. The minimum Gasteiger partial charge on any atom is -0.351 e. The summed E-state index contributed by atoms with van der Waals surface area (Å²) in [6.07, 6.45) is 6.21. The molecule has 1 aliphatic heterocycles. The Labute approximate surface area is 150 Å². The predicted octanol–water partition coefficient (Wildman–Crippen LogP) is 2.96. The van der Waals surface area contributed by atoms with Gasteiger partial charge in [-0.25, -0.2) is 4.98 Å². The van der Waals surface area contributed by atoms with Crippen molar-refractivity contribution in [1.82, 2.24) is 19.8 Å². The van der Waals surface area contributed by atoms with Crippen molar-refractivity contribution in [2.24, 2.45) is 0 Å². The number of rotatable bonds is 6. The highest BCUT2D eigenvalue weighted by Gasteiger charge is 2.26. The molecule has 5 heteroatoms. The Morgan fingerprint density at radius 1 is 1.32 bits per heavy atom. The monoisotopic (exact) mass is 340 g/mol. The van der Waals surface area contributed by atoms with E-state index >= 15 is 0 Å². The van der Waals surface area contributed by atoms with Crippen molar-refractivity contribution in [3.8, 4) is 0 Å². The molecule has 5 nitrogen and oxygen atoms in total. The highest BCUT2D eigenvalue weighted by molar-refractivity contribution is 5.78. The first-order valence-corrected chi connectivity index (χ1v) is 9.19. The van der Waals surface area contributed by atoms with Crippen molar-refractivity contribution < 1.29 is 4.79 Å². The number of carbonyl (C=O) groups is 1. The van der Waals surface area contributed by atoms with Gasteiger partial charge in [0.25, 0.3) is 0 Å². The summed E-state index contributed by atoms with van der Waals surface area (Å²) >= 11 is 0. The second-order valence-electron chi connectivity index (χ2n) is 7.12. The predicted molar refractivity (Wildman–Crippen MR) is 99.3 cm³/mol. The van der Waals surface area contributed by atoms with Crippen LogP contribution < -0.4 is 5.32 Å². The lowest BCUT2D eigenvalue weighted by atomic mass is 9.97. The van der Waals surface area contributed by atoms with Crippen LogP contribution in [0.15, 0.2) is 42.7 Å². The quantitative estimate of drug-likeness (QED) is 0.879. The van der Waals surface area contributed by atoms with Crippen LogP contribution in [0, 0.1) is 0 Å². The van der Waals surface area contributed by atoms with E-state index in [0.29, 0.717) is 25.0 Å². The summed E-state index contributed by atoms with van der Waals surface area (Å²) in [5.74, 6) is 1.66. The van der Waals surface area contributed by atoms with Gasteiger partial charge in [0.15, 0.2) is 0 Å². The Balaban J connectivity index is 1.53. The van der Waals surface area contributed by atoms with Gasteiger partial charge >= 0.3 is 0 Å². The van der Waals surface area contributed by atoms with Gasteiger partial charge in [0, 0.05) is 37.4 Å². The fraction of sp³-hybridized carbons (Fsp3) is 0.500. The SMILES string of the molecule is CC(C)n1ccnc1[C@@H]1CCCN(CC(=O)NCc2ccccc2)C1. The number of carbonyl (C=O) groups excluding carboxylic acids is 1. The van der Waals surface area contributed by atoms with E-state index in [2.05, 4.69) is 39.8 Å². The topological polar surface area (TPSA) is 50.2 Å². The van der Waals surface area contributed by atoms with E-state index in [1.165, 1.54) is 0 Å². The Kier molecular flexibility index (Phi) is 5.87. The fourth-order valence-corrected chi connectivity index (χ4v) is 3.54. The molecule has 0 unspecified atom stereocenters. The number of aromatic nitrogens is 2. The molecule has 0 aliphatic carbocycles. The molecule has 0 spiro atoms. The number of hydrogen-bond donors (Lipinski definition) is 1. The molecule has 1 fully saturated rings. The van der Waals surface area contributed by atoms with E-state index < -0.39 is 0 Å². The van der Waals surface area contributed by atoms with Crippen molar-refractivity contribution in [2.45, 2.75) is 45.2 Å². The standard InChI is InChI=1S/C20H28N4O/c1-16(2)24-12-10-21-20(24)18-9-6-11-23(14-18)15-19(25)22-13-17-7-4-3-5-8-17/h3-5,7-8,10,12,16,18H,6,9,11,13-15H2,1-2H3,(H,22,25)/t18-/m1/s1. The van der Waals surface area contributed by atoms with E-state index in [0.717, 1.165) is 37.3 Å². The number of nitrogens with zero attached hydrogens (tertiary/aromatic N) is 3. The van der Waals surface area contributed by atoms with Crippen molar-refractivity contribution in [3.63, 3.8) is 0 Å². The number of benzene rings is 1. The van der Waals surface area contributed by atoms with Crippen LogP contribution >= 0.6 is 0 Å². The molecule has 25 heavy (non-hydrogen) atoms. The van der Waals surface area contributed by atoms with E-state index in [9.17, 15) is 4.79 Å². The Hall–Kier alpha value is -2.14. The normalized spacial score (nSPS) is 18.4. The number of piperidine rings is 1. The zero-order valence-corrected chi connectivity index (χ0v) is 15.2. The first-order valence-electron chi connectivity index (χ1n) is 9.19. The van der Waals surface area contributed by atoms with Gasteiger partial charge in [-0.1, -0.05) is 30.3 Å². The number of likely N-dealkylation sites (tertiary alicyclic amines) is 1. The van der Waals surface area contributed by atoms with Gasteiger partial charge in [0.1, 0.15) is 5.82 Å². The Morgan fingerprint density at radius 2 is 2.12 bits per heavy atom. The van der Waals surface area contributed by atoms with Crippen LogP contribution in [-0.2, 0) is 11.3 Å². The lowest BCUT2D eigenvalue weighted by Crippen LogP contribution is -2.42. The zero-order chi connectivity index (χ0) is 17.6. The third-order valence-corrected chi connectivity index (χ3v) is 4.83. The lowest BCUT2D eigenvalue weighted by molar-refractivity contribution is -0.122. The maximum atomic E-state index is 12.3. The van der Waals surface area contributed by atoms with Crippen LogP contribution in [0.3, 0.4) is 0 Å². The Bertz CT molecular complexity index is 680. The third kappa shape index (κ3) is 4.69. The van der Waals surface area contributed by atoms with Crippen LogP contribution in [0.4, 0.5) is 0 Å². The molecule has 1 aliphatic rings. The van der Waals surface area contributed by atoms with Gasteiger partial charge in [0.05, 0.1) is 6.54 Å². The van der Waals surface area contributed by atoms with Gasteiger partial charge in [0.2, 0.25) is 5.91 Å². The summed E-state index contributed by atoms with van der Waals surface area (Å²) in [5, 5.41) is 3.02. The van der Waals surface area contributed by atoms with Gasteiger partial charge in [-0.15, -0.1) is 0 Å². The van der Waals surface area contributed by atoms with Crippen molar-refractivity contribution in [2.75, 3.05) is 19.6 Å². The summed E-state index contributed by atoms with van der Waals surface area (Å²) in [6.45, 7) is 7.31. The van der Waals surface area contributed by atoms with Crippen LogP contribution in [0.25, 0.3) is 0 Å². The number of imidazole rings is 1. The van der Waals surface area contributed by atoms with Crippen molar-refractivity contribution in [3.05, 3.63) is 54.1 Å². The van der Waals surface area contributed by atoms with Crippen molar-refractivity contribution >= 4 is 5.91 Å². The van der Waals surface area contributed by atoms with E-state index in [1.54, 1.807) is 0 Å². The highest BCUT2D eigenvalue weighted by atomic mass is 16.2. The maximum absolute atomic E-state index is 12.3. The summed E-state index contributed by atoms with van der Waals surface area (Å²) in [4.78, 5) is 19.1. The molecule has 3 rings (SSSR count). The maximum Gasteiger partial charge on any atom is 0.234 e. The van der Waals surface area contributed by atoms with E-state index in [4.69, 9.17) is 0 Å². The van der Waals surface area contributed by atoms with Crippen LogP contribution in [0.5, 0.6) is 0 Å². The third-order valence-electron chi connectivity index (χ3n) is 4.83. The average Bonchev–Trinajstić information content (AvgIpc) is 3.11. The van der Waals surface area contributed by atoms with Gasteiger partial charge in [-0.2, -0.15) is 0 Å². The number of amides is 1. The smallest absolute Gasteiger partial charge is 0.234 e. The molecule has 2 aromatic rings. The molecule has 1 aromatic heterocycles. The number of hydrogen-bond acceptors (Lipinski definition) is 3. The summed E-state index contributed by atoms with van der Waals surface area (Å²) in [6, 6.07) is 10.5. The minimum atomic E-state index is 0.0942. The molecular weight excluding hydrogens is 312 g/mol. The average molecular weight is 340 g/mol. The van der Waals surface area contributed by atoms with E-state index in [-0.39, 0.29) is 5.91 Å². The van der Waals surface area contributed by atoms with Gasteiger partial charge < -0.3 is 9.88 Å². The first kappa shape index (κ1) is 17.7. The van der Waals surface area contributed by atoms with Gasteiger partial charge in [-0.05, 0) is 38.8 Å². The summed E-state index contributed by atoms with van der Waals surface area (Å²) < 4.78 is 2.25. The highest BCUT2D eigenvalue weighted by Crippen LogP contribution is 2.27. The van der Waals surface area contributed by atoms with Crippen molar-refractivity contribution in [1.29, 1.82) is 0 Å². The first-order chi connectivity index (χ1) is 12.1. The lowest BCUT2D eigenvalue weighted by Gasteiger charge is -2.32. The number of nitrogens with one attached hydrogen (secondary N) is 1. The van der Waals surface area contributed by atoms with Crippen LogP contribution in [0.2, 0.25) is 0 Å². The van der Waals surface area contributed by atoms with Crippen LogP contribution in [-0.4, -0.2) is 40.0 Å². The summed E-state index contributed by atoms with van der Waals surface area (Å²) in [5.41, 5.74) is 1.13. The molecule has 1 aromatic carbocycles. The second kappa shape index (κ2) is 8.30. The van der Waals surface area contributed by atoms with Gasteiger partial charge in [-0.3, -0.25) is 9.69 Å². The van der Waals surface area contributed by atoms with E-state index in [1.807, 2.05) is 36.5 Å². The fourth-order valence-electron chi connectivity index (χ4n) is 3.54. The zero-order valence-electron chi connectivity index (χ0n) is 15.2. The molecule has 2 heterocycles.